The zero-order valence-corrected chi connectivity index (χ0v) is 18.8. The van der Waals surface area contributed by atoms with E-state index in [1.54, 1.807) is 0 Å². The molecule has 0 aromatic rings. The Morgan fingerprint density at radius 3 is 2.22 bits per heavy atom. The first-order valence-electron chi connectivity index (χ1n) is 11.9. The summed E-state index contributed by atoms with van der Waals surface area (Å²) in [5.74, 6) is 5.18. The molecule has 9 unspecified atom stereocenters. The van der Waals surface area contributed by atoms with Crippen LogP contribution in [0.15, 0.2) is 0 Å². The molecule has 0 aromatic carbocycles. The fourth-order valence-electron chi connectivity index (χ4n) is 9.23. The van der Waals surface area contributed by atoms with E-state index in [0.29, 0.717) is 22.2 Å². The second kappa shape index (κ2) is 6.73. The van der Waals surface area contributed by atoms with E-state index in [1.807, 2.05) is 0 Å². The van der Waals surface area contributed by atoms with E-state index < -0.39 is 0 Å². The number of hydrogen-bond donors (Lipinski definition) is 1. The highest BCUT2D eigenvalue weighted by Crippen LogP contribution is 2.69. The summed E-state index contributed by atoms with van der Waals surface area (Å²) in [6.07, 6.45) is 12.6. The first kappa shape index (κ1) is 20.2. The minimum absolute atomic E-state index is 0.00398. The topological polar surface area (TPSA) is 29.5 Å². The van der Waals surface area contributed by atoms with Gasteiger partial charge in [-0.05, 0) is 116 Å². The monoisotopic (exact) mass is 376 g/mol. The lowest BCUT2D eigenvalue weighted by molar-refractivity contribution is -0.290. The van der Waals surface area contributed by atoms with E-state index in [0.717, 1.165) is 29.6 Å². The molecule has 2 heteroatoms. The maximum Gasteiger partial charge on any atom is 0.0927 e. The summed E-state index contributed by atoms with van der Waals surface area (Å²) in [7, 11) is 0. The lowest BCUT2D eigenvalue weighted by atomic mass is 9.43. The molecule has 9 atom stereocenters. The van der Waals surface area contributed by atoms with Crippen LogP contribution in [0.5, 0.6) is 0 Å². The second-order valence-electron chi connectivity index (χ2n) is 12.5. The molecule has 0 amide bonds. The van der Waals surface area contributed by atoms with Gasteiger partial charge < -0.3 is 0 Å². The average molecular weight is 377 g/mol. The van der Waals surface area contributed by atoms with E-state index in [1.165, 1.54) is 57.8 Å². The molecular formula is C25H44O2. The minimum atomic E-state index is 0.00398. The highest BCUT2D eigenvalue weighted by Gasteiger charge is 2.61. The maximum atomic E-state index is 9.16. The van der Waals surface area contributed by atoms with Crippen molar-refractivity contribution >= 4 is 0 Å². The van der Waals surface area contributed by atoms with Crippen LogP contribution in [-0.4, -0.2) is 11.4 Å². The molecule has 0 aromatic heterocycles. The van der Waals surface area contributed by atoms with Crippen molar-refractivity contribution < 1.29 is 10.1 Å². The van der Waals surface area contributed by atoms with E-state index in [4.69, 9.17) is 10.1 Å². The fraction of sp³-hybridized carbons (Fsp3) is 1.00. The summed E-state index contributed by atoms with van der Waals surface area (Å²) in [6.45, 7) is 14.8. The Labute approximate surface area is 167 Å². The fourth-order valence-corrected chi connectivity index (χ4v) is 9.23. The molecule has 1 N–H and O–H groups in total. The molecule has 2 nitrogen and oxygen atoms in total. The molecule has 0 aliphatic heterocycles. The van der Waals surface area contributed by atoms with Crippen LogP contribution in [0.2, 0.25) is 0 Å². The van der Waals surface area contributed by atoms with E-state index >= 15 is 0 Å². The van der Waals surface area contributed by atoms with Crippen molar-refractivity contribution in [1.82, 2.24) is 0 Å². The highest BCUT2D eigenvalue weighted by atomic mass is 17.1. The molecular weight excluding hydrogens is 332 g/mol. The molecule has 0 radical (unpaired) electrons. The Kier molecular flexibility index (Phi) is 5.03. The lowest BCUT2D eigenvalue weighted by Gasteiger charge is -2.62. The molecule has 0 bridgehead atoms. The summed E-state index contributed by atoms with van der Waals surface area (Å²) >= 11 is 0. The van der Waals surface area contributed by atoms with Gasteiger partial charge in [-0.25, -0.2) is 4.89 Å². The molecule has 0 spiro atoms. The summed E-state index contributed by atoms with van der Waals surface area (Å²) < 4.78 is 0. The van der Waals surface area contributed by atoms with Crippen molar-refractivity contribution in [2.45, 2.75) is 105 Å². The van der Waals surface area contributed by atoms with Gasteiger partial charge in [0, 0.05) is 0 Å². The van der Waals surface area contributed by atoms with Gasteiger partial charge in [0.25, 0.3) is 0 Å². The van der Waals surface area contributed by atoms with Crippen LogP contribution in [0, 0.1) is 51.8 Å². The zero-order valence-electron chi connectivity index (χ0n) is 18.8. The summed E-state index contributed by atoms with van der Waals surface area (Å²) in [4.78, 5) is 4.72. The predicted molar refractivity (Wildman–Crippen MR) is 111 cm³/mol. The van der Waals surface area contributed by atoms with Crippen LogP contribution in [0.1, 0.15) is 99.3 Å². The van der Waals surface area contributed by atoms with E-state index in [2.05, 4.69) is 41.5 Å². The molecule has 0 saturated heterocycles. The highest BCUT2D eigenvalue weighted by molar-refractivity contribution is 5.10. The largest absolute Gasteiger partial charge is 0.252 e. The molecule has 27 heavy (non-hydrogen) atoms. The van der Waals surface area contributed by atoms with Gasteiger partial charge in [0.2, 0.25) is 0 Å². The van der Waals surface area contributed by atoms with Crippen molar-refractivity contribution in [2.24, 2.45) is 51.8 Å². The third-order valence-electron chi connectivity index (χ3n) is 10.6. The lowest BCUT2D eigenvalue weighted by Crippen LogP contribution is -2.54. The molecule has 0 heterocycles. The van der Waals surface area contributed by atoms with Crippen LogP contribution >= 0.6 is 0 Å². The Morgan fingerprint density at radius 1 is 0.889 bits per heavy atom. The molecule has 4 saturated carbocycles. The van der Waals surface area contributed by atoms with Crippen molar-refractivity contribution in [2.75, 3.05) is 0 Å². The molecule has 4 aliphatic carbocycles. The van der Waals surface area contributed by atoms with Gasteiger partial charge in [0.05, 0.1) is 6.10 Å². The Hall–Kier alpha value is -0.0800. The van der Waals surface area contributed by atoms with Gasteiger partial charge in [0.15, 0.2) is 0 Å². The van der Waals surface area contributed by atoms with Crippen LogP contribution in [0.3, 0.4) is 0 Å². The van der Waals surface area contributed by atoms with E-state index in [-0.39, 0.29) is 6.10 Å². The number of fused-ring (bicyclic) bond motifs is 5. The Bertz CT molecular complexity index is 551. The van der Waals surface area contributed by atoms with Crippen molar-refractivity contribution in [3.05, 3.63) is 0 Å². The van der Waals surface area contributed by atoms with Gasteiger partial charge in [0.1, 0.15) is 0 Å². The standard InChI is InChI=1S/C25H44O2/c1-16(27-26)17-11-13-24(5)18(15-17)7-8-19-20-9-10-22(23(2,3)4)25(20,6)14-12-21(19)24/h16-22,26H,7-15H2,1-6H3. The zero-order chi connectivity index (χ0) is 19.6. The predicted octanol–water partition coefficient (Wildman–Crippen LogP) is 7.19. The van der Waals surface area contributed by atoms with Crippen LogP contribution in [0.25, 0.3) is 0 Å². The summed E-state index contributed by atoms with van der Waals surface area (Å²) in [5.41, 5.74) is 1.57. The molecule has 4 aliphatic rings. The number of rotatable bonds is 2. The summed E-state index contributed by atoms with van der Waals surface area (Å²) in [5, 5.41) is 9.16. The first-order valence-corrected chi connectivity index (χ1v) is 11.9. The van der Waals surface area contributed by atoms with Gasteiger partial charge in [-0.15, -0.1) is 0 Å². The average Bonchev–Trinajstić information content (AvgIpc) is 2.97. The van der Waals surface area contributed by atoms with E-state index in [9.17, 15) is 0 Å². The first-order chi connectivity index (χ1) is 12.6. The number of hydrogen-bond acceptors (Lipinski definition) is 2. The van der Waals surface area contributed by atoms with Crippen LogP contribution in [-0.2, 0) is 4.89 Å². The second-order valence-corrected chi connectivity index (χ2v) is 12.5. The van der Waals surface area contributed by atoms with Crippen molar-refractivity contribution in [1.29, 1.82) is 0 Å². The third kappa shape index (κ3) is 3.03. The van der Waals surface area contributed by atoms with Crippen molar-refractivity contribution in [3.8, 4) is 0 Å². The van der Waals surface area contributed by atoms with Crippen LogP contribution < -0.4 is 0 Å². The maximum absolute atomic E-state index is 9.16. The Balaban J connectivity index is 1.55. The smallest absolute Gasteiger partial charge is 0.0927 e. The normalized spacial score (nSPS) is 51.2. The molecule has 156 valence electrons. The SMILES string of the molecule is CC(OO)C1CCC2(C)C(CCC3C2CCC2(C)C3CCC2C(C)(C)C)C1. The van der Waals surface area contributed by atoms with Gasteiger partial charge >= 0.3 is 0 Å². The van der Waals surface area contributed by atoms with Gasteiger partial charge in [-0.3, -0.25) is 5.26 Å². The Morgan fingerprint density at radius 2 is 1.56 bits per heavy atom. The van der Waals surface area contributed by atoms with Crippen molar-refractivity contribution in [3.63, 3.8) is 0 Å². The van der Waals surface area contributed by atoms with Gasteiger partial charge in [-0.1, -0.05) is 34.6 Å². The summed E-state index contributed by atoms with van der Waals surface area (Å²) in [6, 6.07) is 0. The molecule has 4 fully saturated rings. The van der Waals surface area contributed by atoms with Crippen LogP contribution in [0.4, 0.5) is 0 Å². The third-order valence-corrected chi connectivity index (χ3v) is 10.6. The minimum Gasteiger partial charge on any atom is -0.252 e. The molecule has 4 rings (SSSR count). The van der Waals surface area contributed by atoms with Gasteiger partial charge in [-0.2, -0.15) is 0 Å². The quantitative estimate of drug-likeness (QED) is 0.408.